The van der Waals surface area contributed by atoms with Crippen LogP contribution >= 0.6 is 0 Å². The van der Waals surface area contributed by atoms with Gasteiger partial charge >= 0.3 is 6.03 Å². The van der Waals surface area contributed by atoms with Crippen LogP contribution < -0.4 is 15.5 Å². The van der Waals surface area contributed by atoms with E-state index in [9.17, 15) is 4.79 Å². The van der Waals surface area contributed by atoms with Gasteiger partial charge in [-0.1, -0.05) is 18.2 Å². The summed E-state index contributed by atoms with van der Waals surface area (Å²) >= 11 is 0. The predicted molar refractivity (Wildman–Crippen MR) is 90.3 cm³/mol. The van der Waals surface area contributed by atoms with Crippen molar-refractivity contribution in [3.8, 4) is 0 Å². The van der Waals surface area contributed by atoms with Gasteiger partial charge in [0, 0.05) is 43.0 Å². The van der Waals surface area contributed by atoms with Crippen molar-refractivity contribution in [2.75, 3.05) is 23.9 Å². The van der Waals surface area contributed by atoms with Crippen LogP contribution in [0.15, 0.2) is 36.4 Å². The van der Waals surface area contributed by atoms with Gasteiger partial charge in [-0.15, -0.1) is 0 Å². The third-order valence-corrected chi connectivity index (χ3v) is 4.01. The van der Waals surface area contributed by atoms with Gasteiger partial charge in [0.15, 0.2) is 0 Å². The largest absolute Gasteiger partial charge is 0.396 e. The lowest BCUT2D eigenvalue weighted by atomic mass is 10.1. The average Bonchev–Trinajstić information content (AvgIpc) is 2.94. The molecule has 0 saturated heterocycles. The summed E-state index contributed by atoms with van der Waals surface area (Å²) in [5.74, 6) is 0.147. The Morgan fingerprint density at radius 1 is 1.41 bits per heavy atom. The van der Waals surface area contributed by atoms with E-state index in [-0.39, 0.29) is 24.6 Å². The van der Waals surface area contributed by atoms with Crippen molar-refractivity contribution in [3.05, 3.63) is 36.4 Å². The number of amides is 2. The number of aliphatic hydroxyl groups is 1. The summed E-state index contributed by atoms with van der Waals surface area (Å²) in [7, 11) is 2.03. The van der Waals surface area contributed by atoms with E-state index in [1.807, 2.05) is 43.5 Å². The molecule has 0 aromatic heterocycles. The van der Waals surface area contributed by atoms with Crippen LogP contribution in [-0.4, -0.2) is 36.9 Å². The predicted octanol–water partition coefficient (Wildman–Crippen LogP) is 2.59. The van der Waals surface area contributed by atoms with E-state index in [2.05, 4.69) is 29.4 Å². The molecule has 1 aromatic rings. The number of benzene rings is 1. The second-order valence-corrected chi connectivity index (χ2v) is 6.02. The molecule has 2 atom stereocenters. The second-order valence-electron chi connectivity index (χ2n) is 6.02. The van der Waals surface area contributed by atoms with Crippen LogP contribution in [0.4, 0.5) is 16.2 Å². The molecule has 3 N–H and O–H groups in total. The van der Waals surface area contributed by atoms with Crippen LogP contribution in [0.25, 0.3) is 0 Å². The molecule has 0 spiro atoms. The highest BCUT2D eigenvalue weighted by Crippen LogP contribution is 2.20. The topological polar surface area (TPSA) is 64.6 Å². The van der Waals surface area contributed by atoms with E-state index >= 15 is 0 Å². The van der Waals surface area contributed by atoms with Crippen molar-refractivity contribution in [2.45, 2.75) is 32.4 Å². The van der Waals surface area contributed by atoms with Crippen molar-refractivity contribution >= 4 is 17.4 Å². The Labute approximate surface area is 132 Å². The molecular formula is C17H25N3O2. The fourth-order valence-corrected chi connectivity index (χ4v) is 2.45. The summed E-state index contributed by atoms with van der Waals surface area (Å²) < 4.78 is 0. The molecule has 0 bridgehead atoms. The van der Waals surface area contributed by atoms with E-state index in [4.69, 9.17) is 5.11 Å². The van der Waals surface area contributed by atoms with Gasteiger partial charge in [0.1, 0.15) is 0 Å². The van der Waals surface area contributed by atoms with E-state index in [0.29, 0.717) is 6.04 Å². The maximum atomic E-state index is 12.0. The van der Waals surface area contributed by atoms with Crippen molar-refractivity contribution in [2.24, 2.45) is 5.92 Å². The molecule has 2 amide bonds. The smallest absolute Gasteiger partial charge is 0.319 e. The number of nitrogens with one attached hydrogen (secondary N) is 2. The van der Waals surface area contributed by atoms with Crippen molar-refractivity contribution in [1.82, 2.24) is 5.32 Å². The highest BCUT2D eigenvalue weighted by molar-refractivity contribution is 5.90. The van der Waals surface area contributed by atoms with Gasteiger partial charge in [-0.05, 0) is 38.5 Å². The molecular weight excluding hydrogens is 278 g/mol. The van der Waals surface area contributed by atoms with Crippen LogP contribution in [0.1, 0.15) is 20.3 Å². The molecule has 5 heteroatoms. The molecule has 0 saturated carbocycles. The third kappa shape index (κ3) is 4.24. The number of urea groups is 1. The minimum Gasteiger partial charge on any atom is -0.396 e. The normalized spacial score (nSPS) is 20.2. The van der Waals surface area contributed by atoms with Gasteiger partial charge in [0.05, 0.1) is 0 Å². The summed E-state index contributed by atoms with van der Waals surface area (Å²) in [5.41, 5.74) is 1.83. The first-order valence-corrected chi connectivity index (χ1v) is 7.69. The molecule has 0 heterocycles. The molecule has 5 nitrogen and oxygen atoms in total. The minimum atomic E-state index is -0.224. The van der Waals surface area contributed by atoms with E-state index in [0.717, 1.165) is 17.8 Å². The lowest BCUT2D eigenvalue weighted by Crippen LogP contribution is -2.36. The standard InChI is InChI=1S/C17H25N3O2/c1-12(2)20(3)16-6-4-5-14(10-16)18-17(22)19-15-8-7-13(9-15)11-21/h4-8,10,12-13,15,21H,9,11H2,1-3H3,(H2,18,19,22)/t13-,15+/m0/s1. The summed E-state index contributed by atoms with van der Waals surface area (Å²) in [6, 6.07) is 7.94. The van der Waals surface area contributed by atoms with Crippen molar-refractivity contribution in [1.29, 1.82) is 0 Å². The lowest BCUT2D eigenvalue weighted by Gasteiger charge is -2.24. The fourth-order valence-electron chi connectivity index (χ4n) is 2.45. The Morgan fingerprint density at radius 3 is 2.82 bits per heavy atom. The first-order valence-electron chi connectivity index (χ1n) is 7.69. The Balaban J connectivity index is 1.92. The zero-order valence-electron chi connectivity index (χ0n) is 13.4. The Morgan fingerprint density at radius 2 is 2.18 bits per heavy atom. The molecule has 1 aliphatic rings. The minimum absolute atomic E-state index is 0.0151. The molecule has 22 heavy (non-hydrogen) atoms. The zero-order chi connectivity index (χ0) is 16.1. The summed E-state index contributed by atoms with van der Waals surface area (Å²) in [6.07, 6.45) is 4.63. The van der Waals surface area contributed by atoms with E-state index < -0.39 is 0 Å². The fraction of sp³-hybridized carbons (Fsp3) is 0.471. The summed E-state index contributed by atoms with van der Waals surface area (Å²) in [6.45, 7) is 4.37. The Hall–Kier alpha value is -2.01. The number of nitrogens with zero attached hydrogens (tertiary/aromatic N) is 1. The van der Waals surface area contributed by atoms with Crippen LogP contribution in [0.3, 0.4) is 0 Å². The van der Waals surface area contributed by atoms with E-state index in [1.54, 1.807) is 0 Å². The van der Waals surface area contributed by atoms with Gasteiger partial charge in [-0.25, -0.2) is 4.79 Å². The molecule has 1 aliphatic carbocycles. The van der Waals surface area contributed by atoms with Crippen molar-refractivity contribution in [3.63, 3.8) is 0 Å². The van der Waals surface area contributed by atoms with Gasteiger partial charge in [-0.3, -0.25) is 0 Å². The SMILES string of the molecule is CC(C)N(C)c1cccc(NC(=O)N[C@@H]2C=C[C@H](CO)C2)c1. The number of carbonyl (C=O) groups excluding carboxylic acids is 1. The Kier molecular flexibility index (Phi) is 5.44. The highest BCUT2D eigenvalue weighted by Gasteiger charge is 2.19. The molecule has 1 aromatic carbocycles. The van der Waals surface area contributed by atoms with Gasteiger partial charge < -0.3 is 20.6 Å². The third-order valence-electron chi connectivity index (χ3n) is 4.01. The molecule has 0 unspecified atom stereocenters. The molecule has 2 rings (SSSR count). The summed E-state index contributed by atoms with van der Waals surface area (Å²) in [4.78, 5) is 14.2. The first kappa shape index (κ1) is 16.4. The number of anilines is 2. The van der Waals surface area contributed by atoms with Gasteiger partial charge in [0.25, 0.3) is 0 Å². The first-order chi connectivity index (χ1) is 10.5. The molecule has 120 valence electrons. The van der Waals surface area contributed by atoms with Crippen LogP contribution in [0.5, 0.6) is 0 Å². The zero-order valence-corrected chi connectivity index (χ0v) is 13.4. The van der Waals surface area contributed by atoms with Crippen LogP contribution in [0.2, 0.25) is 0 Å². The quantitative estimate of drug-likeness (QED) is 0.733. The van der Waals surface area contributed by atoms with Crippen molar-refractivity contribution < 1.29 is 9.90 Å². The van der Waals surface area contributed by atoms with Crippen LogP contribution in [0, 0.1) is 5.92 Å². The number of carbonyl (C=O) groups is 1. The van der Waals surface area contributed by atoms with Gasteiger partial charge in [0.2, 0.25) is 0 Å². The number of rotatable bonds is 5. The van der Waals surface area contributed by atoms with E-state index in [1.165, 1.54) is 0 Å². The highest BCUT2D eigenvalue weighted by atomic mass is 16.3. The monoisotopic (exact) mass is 303 g/mol. The molecule has 0 radical (unpaired) electrons. The number of hydrogen-bond donors (Lipinski definition) is 3. The lowest BCUT2D eigenvalue weighted by molar-refractivity contribution is 0.238. The maximum absolute atomic E-state index is 12.0. The summed E-state index contributed by atoms with van der Waals surface area (Å²) in [5, 5.41) is 14.9. The second kappa shape index (κ2) is 7.31. The van der Waals surface area contributed by atoms with Crippen LogP contribution in [-0.2, 0) is 0 Å². The number of aliphatic hydroxyl groups excluding tert-OH is 1. The maximum Gasteiger partial charge on any atom is 0.319 e. The number of hydrogen-bond acceptors (Lipinski definition) is 3. The average molecular weight is 303 g/mol. The molecule has 0 aliphatic heterocycles. The molecule has 0 fully saturated rings. The Bertz CT molecular complexity index is 542. The van der Waals surface area contributed by atoms with Gasteiger partial charge in [-0.2, -0.15) is 0 Å².